The molecule has 1 aromatic carbocycles. The summed E-state index contributed by atoms with van der Waals surface area (Å²) in [4.78, 5) is 11.9. The highest BCUT2D eigenvalue weighted by Crippen LogP contribution is 2.58. The van der Waals surface area contributed by atoms with Gasteiger partial charge in [-0.3, -0.25) is 0 Å². The van der Waals surface area contributed by atoms with Crippen molar-refractivity contribution in [3.8, 4) is 0 Å². The first kappa shape index (κ1) is 11.7. The van der Waals surface area contributed by atoms with Crippen molar-refractivity contribution < 1.29 is 14.3 Å². The molecule has 3 nitrogen and oxygen atoms in total. The molecular formula is C15H18O3. The number of hydrogen-bond acceptors (Lipinski definition) is 3. The second-order valence-electron chi connectivity index (χ2n) is 5.35. The Morgan fingerprint density at radius 2 is 2.00 bits per heavy atom. The van der Waals surface area contributed by atoms with E-state index >= 15 is 0 Å². The first-order chi connectivity index (χ1) is 8.63. The van der Waals surface area contributed by atoms with Gasteiger partial charge in [-0.15, -0.1) is 0 Å². The summed E-state index contributed by atoms with van der Waals surface area (Å²) in [6.45, 7) is 3.97. The molecular weight excluding hydrogens is 228 g/mol. The van der Waals surface area contributed by atoms with Crippen LogP contribution in [-0.2, 0) is 19.9 Å². The molecule has 0 radical (unpaired) electrons. The van der Waals surface area contributed by atoms with Gasteiger partial charge < -0.3 is 9.47 Å². The van der Waals surface area contributed by atoms with Crippen LogP contribution < -0.4 is 0 Å². The van der Waals surface area contributed by atoms with E-state index in [2.05, 4.69) is 6.92 Å². The standard InChI is InChI=1S/C15H18O3/c1-3-4-10-15(11-8-6-5-7-9-11)12-14(2,17-12)13(16)18-15/h5-9,12H,3-4,10H2,1-2H3/t12-,14+,15-/m0/s1. The lowest BCUT2D eigenvalue weighted by molar-refractivity contribution is -0.166. The van der Waals surface area contributed by atoms with Gasteiger partial charge in [0.2, 0.25) is 0 Å². The van der Waals surface area contributed by atoms with Gasteiger partial charge in [-0.2, -0.15) is 0 Å². The smallest absolute Gasteiger partial charge is 0.342 e. The van der Waals surface area contributed by atoms with E-state index in [1.807, 2.05) is 37.3 Å². The minimum Gasteiger partial charge on any atom is -0.449 e. The normalized spacial score (nSPS) is 37.2. The van der Waals surface area contributed by atoms with E-state index in [1.54, 1.807) is 0 Å². The molecule has 2 aliphatic heterocycles. The van der Waals surface area contributed by atoms with Gasteiger partial charge in [-0.1, -0.05) is 43.7 Å². The Labute approximate surface area is 107 Å². The predicted octanol–water partition coefficient (Wildman–Crippen LogP) is 2.79. The number of benzene rings is 1. The monoisotopic (exact) mass is 246 g/mol. The molecule has 2 fully saturated rings. The Bertz CT molecular complexity index is 470. The van der Waals surface area contributed by atoms with Crippen LogP contribution in [0.5, 0.6) is 0 Å². The van der Waals surface area contributed by atoms with Crippen LogP contribution in [-0.4, -0.2) is 17.7 Å². The van der Waals surface area contributed by atoms with E-state index in [-0.39, 0.29) is 12.1 Å². The molecule has 2 heterocycles. The first-order valence-corrected chi connectivity index (χ1v) is 6.60. The maximum absolute atomic E-state index is 11.9. The van der Waals surface area contributed by atoms with Crippen LogP contribution in [0, 0.1) is 0 Å². The average Bonchev–Trinajstić information content (AvgIpc) is 3.04. The van der Waals surface area contributed by atoms with Crippen LogP contribution in [0.1, 0.15) is 38.7 Å². The second-order valence-corrected chi connectivity index (χ2v) is 5.35. The number of fused-ring (bicyclic) bond motifs is 1. The van der Waals surface area contributed by atoms with Crippen LogP contribution in [0.15, 0.2) is 30.3 Å². The Balaban J connectivity index is 1.99. The molecule has 3 heteroatoms. The number of hydrogen-bond donors (Lipinski definition) is 0. The molecule has 0 bridgehead atoms. The third-order valence-corrected chi connectivity index (χ3v) is 4.07. The second kappa shape index (κ2) is 3.82. The number of ether oxygens (including phenoxy) is 2. The number of rotatable bonds is 4. The average molecular weight is 246 g/mol. The van der Waals surface area contributed by atoms with E-state index in [1.165, 1.54) is 0 Å². The van der Waals surface area contributed by atoms with Gasteiger partial charge in [-0.25, -0.2) is 4.79 Å². The van der Waals surface area contributed by atoms with Crippen molar-refractivity contribution in [3.05, 3.63) is 35.9 Å². The number of carbonyl (C=O) groups is 1. The highest BCUT2D eigenvalue weighted by atomic mass is 16.7. The fraction of sp³-hybridized carbons (Fsp3) is 0.533. The summed E-state index contributed by atoms with van der Waals surface area (Å²) >= 11 is 0. The minimum absolute atomic E-state index is 0.119. The number of epoxide rings is 1. The summed E-state index contributed by atoms with van der Waals surface area (Å²) in [7, 11) is 0. The lowest BCUT2D eigenvalue weighted by atomic mass is 9.83. The van der Waals surface area contributed by atoms with Gasteiger partial charge in [0, 0.05) is 0 Å². The molecule has 3 atom stereocenters. The number of carbonyl (C=O) groups excluding carboxylic acids is 1. The maximum Gasteiger partial charge on any atom is 0.342 e. The largest absolute Gasteiger partial charge is 0.449 e. The Morgan fingerprint density at radius 1 is 1.28 bits per heavy atom. The van der Waals surface area contributed by atoms with Crippen LogP contribution in [0.4, 0.5) is 0 Å². The number of unbranched alkanes of at least 4 members (excludes halogenated alkanes) is 1. The van der Waals surface area contributed by atoms with Gasteiger partial charge in [0.25, 0.3) is 0 Å². The van der Waals surface area contributed by atoms with Crippen molar-refractivity contribution in [2.24, 2.45) is 0 Å². The quantitative estimate of drug-likeness (QED) is 0.605. The highest BCUT2D eigenvalue weighted by molar-refractivity contribution is 5.87. The summed E-state index contributed by atoms with van der Waals surface area (Å²) < 4.78 is 11.4. The molecule has 0 unspecified atom stereocenters. The van der Waals surface area contributed by atoms with Gasteiger partial charge in [0.15, 0.2) is 11.2 Å². The van der Waals surface area contributed by atoms with Crippen LogP contribution >= 0.6 is 0 Å². The molecule has 2 aliphatic rings. The van der Waals surface area contributed by atoms with Crippen molar-refractivity contribution in [1.82, 2.24) is 0 Å². The van der Waals surface area contributed by atoms with Crippen molar-refractivity contribution in [2.45, 2.75) is 50.4 Å². The third kappa shape index (κ3) is 1.43. The van der Waals surface area contributed by atoms with Crippen LogP contribution in [0.2, 0.25) is 0 Å². The molecule has 0 spiro atoms. The summed E-state index contributed by atoms with van der Waals surface area (Å²) in [6.07, 6.45) is 2.82. The summed E-state index contributed by atoms with van der Waals surface area (Å²) in [5.41, 5.74) is -0.217. The molecule has 0 aliphatic carbocycles. The molecule has 0 N–H and O–H groups in total. The summed E-state index contributed by atoms with van der Waals surface area (Å²) in [5, 5.41) is 0. The van der Waals surface area contributed by atoms with Gasteiger partial charge in [-0.05, 0) is 25.3 Å². The zero-order chi connectivity index (χ0) is 12.8. The van der Waals surface area contributed by atoms with Crippen molar-refractivity contribution in [2.75, 3.05) is 0 Å². The lowest BCUT2D eigenvalue weighted by Crippen LogP contribution is -2.33. The Morgan fingerprint density at radius 3 is 2.50 bits per heavy atom. The van der Waals surface area contributed by atoms with E-state index < -0.39 is 11.2 Å². The molecule has 18 heavy (non-hydrogen) atoms. The molecule has 3 rings (SSSR count). The zero-order valence-corrected chi connectivity index (χ0v) is 10.8. The number of esters is 1. The first-order valence-electron chi connectivity index (χ1n) is 6.60. The topological polar surface area (TPSA) is 38.8 Å². The predicted molar refractivity (Wildman–Crippen MR) is 67.0 cm³/mol. The molecule has 0 saturated carbocycles. The third-order valence-electron chi connectivity index (χ3n) is 4.07. The summed E-state index contributed by atoms with van der Waals surface area (Å²) in [6, 6.07) is 9.98. The van der Waals surface area contributed by atoms with E-state index in [0.717, 1.165) is 24.8 Å². The zero-order valence-electron chi connectivity index (χ0n) is 10.8. The Kier molecular flexibility index (Phi) is 2.49. The molecule has 0 aromatic heterocycles. The van der Waals surface area contributed by atoms with Crippen molar-refractivity contribution in [1.29, 1.82) is 0 Å². The van der Waals surface area contributed by atoms with Gasteiger partial charge in [0.05, 0.1) is 0 Å². The number of cyclic esters (lactones) is 1. The highest BCUT2D eigenvalue weighted by Gasteiger charge is 2.76. The Hall–Kier alpha value is -1.35. The molecule has 2 saturated heterocycles. The van der Waals surface area contributed by atoms with E-state index in [4.69, 9.17) is 9.47 Å². The fourth-order valence-corrected chi connectivity index (χ4v) is 2.92. The van der Waals surface area contributed by atoms with Gasteiger partial charge >= 0.3 is 5.97 Å². The SMILES string of the molecule is CCCC[C@@]1(c2ccccc2)OC(=O)[C@]2(C)O[C@@H]21. The maximum atomic E-state index is 11.9. The van der Waals surface area contributed by atoms with Crippen molar-refractivity contribution >= 4 is 5.97 Å². The fourth-order valence-electron chi connectivity index (χ4n) is 2.92. The molecule has 1 aromatic rings. The van der Waals surface area contributed by atoms with E-state index in [9.17, 15) is 4.79 Å². The molecule has 96 valence electrons. The van der Waals surface area contributed by atoms with Crippen molar-refractivity contribution in [3.63, 3.8) is 0 Å². The van der Waals surface area contributed by atoms with Crippen LogP contribution in [0.25, 0.3) is 0 Å². The molecule has 0 amide bonds. The van der Waals surface area contributed by atoms with Crippen LogP contribution in [0.3, 0.4) is 0 Å². The lowest BCUT2D eigenvalue weighted by Gasteiger charge is -2.29. The minimum atomic E-state index is -0.705. The van der Waals surface area contributed by atoms with Gasteiger partial charge in [0.1, 0.15) is 6.10 Å². The summed E-state index contributed by atoms with van der Waals surface area (Å²) in [5.74, 6) is -0.215. The van der Waals surface area contributed by atoms with E-state index in [0.29, 0.717) is 0 Å².